The van der Waals surface area contributed by atoms with Crippen molar-refractivity contribution in [2.45, 2.75) is 0 Å². The fourth-order valence-electron chi connectivity index (χ4n) is 1.60. The van der Waals surface area contributed by atoms with Crippen molar-refractivity contribution in [3.63, 3.8) is 0 Å². The fraction of sp³-hybridized carbons (Fsp3) is 0.182. The molecule has 0 spiro atoms. The van der Waals surface area contributed by atoms with Crippen LogP contribution in [-0.4, -0.2) is 29.1 Å². The molecule has 1 aromatic carbocycles. The Morgan fingerprint density at radius 3 is 2.78 bits per heavy atom. The summed E-state index contributed by atoms with van der Waals surface area (Å²) in [7, 11) is 0. The highest BCUT2D eigenvalue weighted by atomic mass is 16.2. The Morgan fingerprint density at radius 2 is 2.00 bits per heavy atom. The van der Waals surface area contributed by atoms with Crippen LogP contribution in [0.4, 0.5) is 16.6 Å². The fourth-order valence-corrected chi connectivity index (χ4v) is 1.60. The molecule has 0 saturated heterocycles. The predicted octanol–water partition coefficient (Wildman–Crippen LogP) is 0.292. The summed E-state index contributed by atoms with van der Waals surface area (Å²) < 4.78 is 0. The lowest BCUT2D eigenvalue weighted by Crippen LogP contribution is -2.33. The van der Waals surface area contributed by atoms with Crippen LogP contribution in [0.2, 0.25) is 0 Å². The van der Waals surface area contributed by atoms with Crippen LogP contribution in [0.5, 0.6) is 0 Å². The van der Waals surface area contributed by atoms with Gasteiger partial charge >= 0.3 is 6.03 Å². The van der Waals surface area contributed by atoms with E-state index >= 15 is 0 Å². The van der Waals surface area contributed by atoms with Crippen molar-refractivity contribution >= 4 is 28.7 Å². The van der Waals surface area contributed by atoms with E-state index < -0.39 is 6.03 Å². The van der Waals surface area contributed by atoms with E-state index in [9.17, 15) is 4.79 Å². The third-order valence-electron chi connectivity index (χ3n) is 2.34. The monoisotopic (exact) mass is 246 g/mol. The van der Waals surface area contributed by atoms with Crippen LogP contribution in [0, 0.1) is 0 Å². The Hall–Kier alpha value is -2.57. The number of anilines is 2. The minimum absolute atomic E-state index is 0.207. The lowest BCUT2D eigenvalue weighted by Gasteiger charge is -2.09. The molecule has 0 bridgehead atoms. The standard InChI is InChI=1S/C11H14N6O/c12-10-16-8-4-2-1-3-7(8)9(17-10)14-5-6-15-11(13)18/h1-4H,5-6H2,(H3,13,15,18)(H3,12,14,16,17). The number of nitrogen functional groups attached to an aromatic ring is 1. The van der Waals surface area contributed by atoms with E-state index in [-0.39, 0.29) is 5.95 Å². The zero-order valence-electron chi connectivity index (χ0n) is 9.68. The first-order valence-corrected chi connectivity index (χ1v) is 5.46. The molecule has 0 radical (unpaired) electrons. The van der Waals surface area contributed by atoms with E-state index in [0.717, 1.165) is 10.9 Å². The molecule has 0 atom stereocenters. The number of amides is 2. The SMILES string of the molecule is NC(=O)NCCNc1nc(N)nc2ccccc12. The maximum Gasteiger partial charge on any atom is 0.312 e. The summed E-state index contributed by atoms with van der Waals surface area (Å²) in [6.45, 7) is 0.914. The molecule has 0 saturated carbocycles. The van der Waals surface area contributed by atoms with Crippen LogP contribution >= 0.6 is 0 Å². The van der Waals surface area contributed by atoms with Crippen LogP contribution in [0.15, 0.2) is 24.3 Å². The molecule has 2 rings (SSSR count). The number of carbonyl (C=O) groups excluding carboxylic acids is 1. The van der Waals surface area contributed by atoms with Gasteiger partial charge in [0.1, 0.15) is 5.82 Å². The number of aromatic nitrogens is 2. The Bertz CT molecular complexity index is 570. The van der Waals surface area contributed by atoms with Crippen LogP contribution in [0.3, 0.4) is 0 Å². The number of nitrogens with one attached hydrogen (secondary N) is 2. The molecule has 0 unspecified atom stereocenters. The van der Waals surface area contributed by atoms with Crippen LogP contribution in [0.1, 0.15) is 0 Å². The van der Waals surface area contributed by atoms with Crippen molar-refractivity contribution < 1.29 is 4.79 Å². The van der Waals surface area contributed by atoms with Gasteiger partial charge in [-0.15, -0.1) is 0 Å². The molecule has 0 aliphatic rings. The number of benzene rings is 1. The van der Waals surface area contributed by atoms with Crippen LogP contribution in [-0.2, 0) is 0 Å². The van der Waals surface area contributed by atoms with E-state index in [1.165, 1.54) is 0 Å². The van der Waals surface area contributed by atoms with Gasteiger partial charge in [-0.3, -0.25) is 0 Å². The average molecular weight is 246 g/mol. The first-order chi connectivity index (χ1) is 8.66. The molecule has 1 heterocycles. The first kappa shape index (κ1) is 11.9. The summed E-state index contributed by atoms with van der Waals surface area (Å²) in [6.07, 6.45) is 0. The number of fused-ring (bicyclic) bond motifs is 1. The van der Waals surface area contributed by atoms with Gasteiger partial charge in [-0.2, -0.15) is 4.98 Å². The molecule has 2 aromatic rings. The van der Waals surface area contributed by atoms with Gasteiger partial charge in [-0.25, -0.2) is 9.78 Å². The second-order valence-corrected chi connectivity index (χ2v) is 3.67. The summed E-state index contributed by atoms with van der Waals surface area (Å²) in [6, 6.07) is 6.99. The van der Waals surface area contributed by atoms with Crippen LogP contribution < -0.4 is 22.1 Å². The summed E-state index contributed by atoms with van der Waals surface area (Å²) in [5.41, 5.74) is 11.4. The van der Waals surface area contributed by atoms with Gasteiger partial charge in [0, 0.05) is 18.5 Å². The normalized spacial score (nSPS) is 10.2. The lowest BCUT2D eigenvalue weighted by atomic mass is 10.2. The van der Waals surface area contributed by atoms with Gasteiger partial charge in [0.15, 0.2) is 0 Å². The molecule has 18 heavy (non-hydrogen) atoms. The maximum atomic E-state index is 10.5. The number of rotatable bonds is 4. The third kappa shape index (κ3) is 2.76. The lowest BCUT2D eigenvalue weighted by molar-refractivity contribution is 0.249. The van der Waals surface area contributed by atoms with Crippen molar-refractivity contribution in [3.8, 4) is 0 Å². The highest BCUT2D eigenvalue weighted by Gasteiger charge is 2.04. The number of nitrogens with zero attached hydrogens (tertiary/aromatic N) is 2. The van der Waals surface area contributed by atoms with E-state index in [1.54, 1.807) is 0 Å². The second kappa shape index (κ2) is 5.17. The maximum absolute atomic E-state index is 10.5. The molecular weight excluding hydrogens is 232 g/mol. The number of carbonyl (C=O) groups is 1. The van der Waals surface area contributed by atoms with Gasteiger partial charge in [0.05, 0.1) is 5.52 Å². The number of hydrogen-bond donors (Lipinski definition) is 4. The third-order valence-corrected chi connectivity index (χ3v) is 2.34. The minimum atomic E-state index is -0.552. The topological polar surface area (TPSA) is 119 Å². The second-order valence-electron chi connectivity index (χ2n) is 3.67. The average Bonchev–Trinajstić information content (AvgIpc) is 2.34. The Morgan fingerprint density at radius 1 is 1.22 bits per heavy atom. The van der Waals surface area contributed by atoms with Gasteiger partial charge in [0.2, 0.25) is 5.95 Å². The quantitative estimate of drug-likeness (QED) is 0.578. The molecule has 0 aliphatic heterocycles. The summed E-state index contributed by atoms with van der Waals surface area (Å²) in [5, 5.41) is 6.44. The first-order valence-electron chi connectivity index (χ1n) is 5.46. The molecule has 2 amide bonds. The zero-order valence-corrected chi connectivity index (χ0v) is 9.68. The van der Waals surface area contributed by atoms with Gasteiger partial charge in [-0.1, -0.05) is 12.1 Å². The van der Waals surface area contributed by atoms with Gasteiger partial charge < -0.3 is 22.1 Å². The molecule has 94 valence electrons. The number of para-hydroxylation sites is 1. The molecule has 6 N–H and O–H groups in total. The van der Waals surface area contributed by atoms with Gasteiger partial charge in [-0.05, 0) is 12.1 Å². The smallest absolute Gasteiger partial charge is 0.312 e. The zero-order chi connectivity index (χ0) is 13.0. The molecular formula is C11H14N6O. The highest BCUT2D eigenvalue weighted by Crippen LogP contribution is 2.20. The molecule has 1 aromatic heterocycles. The number of hydrogen-bond acceptors (Lipinski definition) is 5. The Kier molecular flexibility index (Phi) is 3.42. The van der Waals surface area contributed by atoms with Crippen molar-refractivity contribution in [1.82, 2.24) is 15.3 Å². The summed E-state index contributed by atoms with van der Waals surface area (Å²) in [4.78, 5) is 18.8. The predicted molar refractivity (Wildman–Crippen MR) is 70.0 cm³/mol. The van der Waals surface area contributed by atoms with Crippen molar-refractivity contribution in [3.05, 3.63) is 24.3 Å². The Labute approximate surface area is 104 Å². The molecule has 0 fully saturated rings. The Balaban J connectivity index is 2.14. The molecule has 7 heteroatoms. The summed E-state index contributed by atoms with van der Waals surface area (Å²) in [5.74, 6) is 0.850. The van der Waals surface area contributed by atoms with Crippen molar-refractivity contribution in [1.29, 1.82) is 0 Å². The van der Waals surface area contributed by atoms with Crippen molar-refractivity contribution in [2.24, 2.45) is 5.73 Å². The number of primary amides is 1. The van der Waals surface area contributed by atoms with Crippen molar-refractivity contribution in [2.75, 3.05) is 24.1 Å². The summed E-state index contributed by atoms with van der Waals surface area (Å²) >= 11 is 0. The number of nitrogens with two attached hydrogens (primary N) is 2. The molecule has 7 nitrogen and oxygen atoms in total. The minimum Gasteiger partial charge on any atom is -0.368 e. The van der Waals surface area contributed by atoms with Crippen LogP contribution in [0.25, 0.3) is 10.9 Å². The van der Waals surface area contributed by atoms with E-state index in [1.807, 2.05) is 24.3 Å². The van der Waals surface area contributed by atoms with Gasteiger partial charge in [0.25, 0.3) is 0 Å². The largest absolute Gasteiger partial charge is 0.368 e. The van der Waals surface area contributed by atoms with E-state index in [2.05, 4.69) is 20.6 Å². The number of urea groups is 1. The van der Waals surface area contributed by atoms with E-state index in [4.69, 9.17) is 11.5 Å². The molecule has 0 aliphatic carbocycles. The highest BCUT2D eigenvalue weighted by molar-refractivity contribution is 5.89. The van der Waals surface area contributed by atoms with E-state index in [0.29, 0.717) is 18.9 Å².